The minimum absolute atomic E-state index is 0. The number of carbonyl (C=O) groups is 3. The first-order valence-corrected chi connectivity index (χ1v) is 9.56. The fourth-order valence-electron chi connectivity index (χ4n) is 3.19. The molecule has 0 aliphatic carbocycles. The van der Waals surface area contributed by atoms with Gasteiger partial charge in [-0.15, -0.1) is 12.4 Å². The Morgan fingerprint density at radius 1 is 1.15 bits per heavy atom. The van der Waals surface area contributed by atoms with E-state index in [1.54, 1.807) is 4.90 Å². The molecular weight excluding hydrogens is 356 g/mol. The Kier molecular flexibility index (Phi) is 13.1. The highest BCUT2D eigenvalue weighted by Gasteiger charge is 2.28. The summed E-state index contributed by atoms with van der Waals surface area (Å²) < 4.78 is 0. The molecule has 1 aliphatic heterocycles. The number of nitrogens with zero attached hydrogens (tertiary/aromatic N) is 2. The highest BCUT2D eigenvalue weighted by Crippen LogP contribution is 2.18. The molecule has 26 heavy (non-hydrogen) atoms. The zero-order valence-corrected chi connectivity index (χ0v) is 17.0. The van der Waals surface area contributed by atoms with Crippen molar-refractivity contribution < 1.29 is 14.4 Å². The van der Waals surface area contributed by atoms with Gasteiger partial charge in [0.05, 0.1) is 5.92 Å². The van der Waals surface area contributed by atoms with Crippen LogP contribution in [0.2, 0.25) is 0 Å². The molecule has 0 bridgehead atoms. The maximum atomic E-state index is 12.4. The summed E-state index contributed by atoms with van der Waals surface area (Å²) in [5, 5.41) is 2.79. The van der Waals surface area contributed by atoms with Crippen molar-refractivity contribution in [3.63, 3.8) is 0 Å². The number of nitrogens with one attached hydrogen (secondary N) is 1. The minimum Gasteiger partial charge on any atom is -0.355 e. The highest BCUT2D eigenvalue weighted by molar-refractivity contribution is 5.85. The lowest BCUT2D eigenvalue weighted by Gasteiger charge is -2.32. The van der Waals surface area contributed by atoms with Crippen LogP contribution < -0.4 is 11.1 Å². The van der Waals surface area contributed by atoms with Gasteiger partial charge in [0.1, 0.15) is 0 Å². The molecule has 0 spiro atoms. The standard InChI is InChI=1S/C18H34N4O3.ClH/c1-3-11-21(12-4-2)16(23)7-8-17(24)22-13-5-6-15(14-22)18(25)20-10-9-19;/h15H,3-14,19H2,1-2H3,(H,20,25);1H. The van der Waals surface area contributed by atoms with Crippen LogP contribution in [0.4, 0.5) is 0 Å². The fourth-order valence-corrected chi connectivity index (χ4v) is 3.19. The Hall–Kier alpha value is -1.34. The quantitative estimate of drug-likeness (QED) is 0.584. The molecule has 1 heterocycles. The Labute approximate surface area is 163 Å². The fraction of sp³-hybridized carbons (Fsp3) is 0.833. The molecule has 8 heteroatoms. The monoisotopic (exact) mass is 390 g/mol. The molecule has 0 saturated carbocycles. The number of rotatable bonds is 10. The second kappa shape index (κ2) is 13.8. The zero-order valence-electron chi connectivity index (χ0n) is 16.2. The molecule has 3 amide bonds. The molecule has 1 saturated heterocycles. The lowest BCUT2D eigenvalue weighted by molar-refractivity contribution is -0.139. The van der Waals surface area contributed by atoms with E-state index >= 15 is 0 Å². The molecular formula is C18H35ClN4O3. The van der Waals surface area contributed by atoms with Crippen LogP contribution in [-0.2, 0) is 14.4 Å². The van der Waals surface area contributed by atoms with Crippen molar-refractivity contribution in [1.82, 2.24) is 15.1 Å². The number of hydrogen-bond donors (Lipinski definition) is 2. The van der Waals surface area contributed by atoms with E-state index in [1.165, 1.54) is 0 Å². The van der Waals surface area contributed by atoms with Gasteiger partial charge in [0.2, 0.25) is 17.7 Å². The van der Waals surface area contributed by atoms with Crippen molar-refractivity contribution in [2.45, 2.75) is 52.4 Å². The lowest BCUT2D eigenvalue weighted by Crippen LogP contribution is -2.46. The molecule has 0 radical (unpaired) electrons. The lowest BCUT2D eigenvalue weighted by atomic mass is 9.96. The molecule has 1 unspecified atom stereocenters. The van der Waals surface area contributed by atoms with E-state index in [9.17, 15) is 14.4 Å². The van der Waals surface area contributed by atoms with E-state index in [0.717, 1.165) is 38.8 Å². The van der Waals surface area contributed by atoms with Crippen molar-refractivity contribution in [3.05, 3.63) is 0 Å². The third-order valence-corrected chi connectivity index (χ3v) is 4.48. The second-order valence-electron chi connectivity index (χ2n) is 6.64. The van der Waals surface area contributed by atoms with Gasteiger partial charge in [0.25, 0.3) is 0 Å². The molecule has 3 N–H and O–H groups in total. The number of amides is 3. The van der Waals surface area contributed by atoms with Crippen molar-refractivity contribution in [2.75, 3.05) is 39.3 Å². The van der Waals surface area contributed by atoms with Gasteiger partial charge in [0.15, 0.2) is 0 Å². The first kappa shape index (κ1) is 24.7. The van der Waals surface area contributed by atoms with Crippen LogP contribution in [0, 0.1) is 5.92 Å². The van der Waals surface area contributed by atoms with E-state index in [2.05, 4.69) is 5.32 Å². The predicted octanol–water partition coefficient (Wildman–Crippen LogP) is 1.15. The maximum Gasteiger partial charge on any atom is 0.224 e. The molecule has 1 atom stereocenters. The molecule has 1 aliphatic rings. The SMILES string of the molecule is CCCN(CCC)C(=O)CCC(=O)N1CCCC(C(=O)NCCN)C1.Cl. The number of nitrogens with two attached hydrogens (primary N) is 1. The van der Waals surface area contributed by atoms with Gasteiger partial charge in [0, 0.05) is 52.1 Å². The first-order chi connectivity index (χ1) is 12.0. The van der Waals surface area contributed by atoms with Crippen molar-refractivity contribution in [2.24, 2.45) is 11.7 Å². The molecule has 1 rings (SSSR count). The Bertz CT molecular complexity index is 442. The summed E-state index contributed by atoms with van der Waals surface area (Å²) in [5.41, 5.74) is 5.40. The van der Waals surface area contributed by atoms with E-state index in [4.69, 9.17) is 5.73 Å². The first-order valence-electron chi connectivity index (χ1n) is 9.56. The highest BCUT2D eigenvalue weighted by atomic mass is 35.5. The number of piperidine rings is 1. The molecule has 0 aromatic rings. The average Bonchev–Trinajstić information content (AvgIpc) is 2.63. The van der Waals surface area contributed by atoms with Gasteiger partial charge in [-0.3, -0.25) is 14.4 Å². The molecule has 0 aromatic carbocycles. The van der Waals surface area contributed by atoms with Crippen LogP contribution >= 0.6 is 12.4 Å². The van der Waals surface area contributed by atoms with Gasteiger partial charge in [-0.2, -0.15) is 0 Å². The van der Waals surface area contributed by atoms with Crippen molar-refractivity contribution in [3.8, 4) is 0 Å². The third-order valence-electron chi connectivity index (χ3n) is 4.48. The Morgan fingerprint density at radius 3 is 2.38 bits per heavy atom. The number of carbonyl (C=O) groups excluding carboxylic acids is 3. The van der Waals surface area contributed by atoms with Crippen LogP contribution in [0.25, 0.3) is 0 Å². The van der Waals surface area contributed by atoms with E-state index in [0.29, 0.717) is 26.2 Å². The van der Waals surface area contributed by atoms with Gasteiger partial charge in [-0.25, -0.2) is 0 Å². The number of halogens is 1. The smallest absolute Gasteiger partial charge is 0.224 e. The van der Waals surface area contributed by atoms with Crippen LogP contribution in [0.3, 0.4) is 0 Å². The summed E-state index contributed by atoms with van der Waals surface area (Å²) in [7, 11) is 0. The van der Waals surface area contributed by atoms with Crippen molar-refractivity contribution >= 4 is 30.1 Å². The van der Waals surface area contributed by atoms with E-state index in [1.807, 2.05) is 18.7 Å². The predicted molar refractivity (Wildman–Crippen MR) is 105 cm³/mol. The van der Waals surface area contributed by atoms with Crippen LogP contribution in [0.1, 0.15) is 52.4 Å². The van der Waals surface area contributed by atoms with Gasteiger partial charge in [-0.1, -0.05) is 13.8 Å². The molecule has 7 nitrogen and oxygen atoms in total. The summed E-state index contributed by atoms with van der Waals surface area (Å²) in [4.78, 5) is 40.3. The summed E-state index contributed by atoms with van der Waals surface area (Å²) in [5.74, 6) is -0.184. The van der Waals surface area contributed by atoms with Gasteiger partial charge in [-0.05, 0) is 25.7 Å². The van der Waals surface area contributed by atoms with E-state index < -0.39 is 0 Å². The topological polar surface area (TPSA) is 95.7 Å². The maximum absolute atomic E-state index is 12.4. The van der Waals surface area contributed by atoms with Crippen LogP contribution in [-0.4, -0.2) is 66.8 Å². The molecule has 0 aromatic heterocycles. The Morgan fingerprint density at radius 2 is 1.81 bits per heavy atom. The van der Waals surface area contributed by atoms with E-state index in [-0.39, 0.29) is 48.9 Å². The van der Waals surface area contributed by atoms with Crippen LogP contribution in [0.5, 0.6) is 0 Å². The average molecular weight is 391 g/mol. The largest absolute Gasteiger partial charge is 0.355 e. The summed E-state index contributed by atoms with van der Waals surface area (Å²) in [6.07, 6.45) is 3.92. The minimum atomic E-state index is -0.170. The van der Waals surface area contributed by atoms with Crippen LogP contribution in [0.15, 0.2) is 0 Å². The summed E-state index contributed by atoms with van der Waals surface area (Å²) in [6.45, 7) is 7.56. The van der Waals surface area contributed by atoms with Crippen molar-refractivity contribution in [1.29, 1.82) is 0 Å². The molecule has 152 valence electrons. The summed E-state index contributed by atoms with van der Waals surface area (Å²) in [6, 6.07) is 0. The number of likely N-dealkylation sites (tertiary alicyclic amines) is 1. The summed E-state index contributed by atoms with van der Waals surface area (Å²) >= 11 is 0. The third kappa shape index (κ3) is 8.36. The zero-order chi connectivity index (χ0) is 18.7. The van der Waals surface area contributed by atoms with Gasteiger partial charge < -0.3 is 20.9 Å². The second-order valence-corrected chi connectivity index (χ2v) is 6.64. The van der Waals surface area contributed by atoms with Gasteiger partial charge >= 0.3 is 0 Å². The normalized spacial score (nSPS) is 16.6. The number of hydrogen-bond acceptors (Lipinski definition) is 4. The molecule has 1 fully saturated rings. The Balaban J connectivity index is 0.00000625.